The molecule has 0 spiro atoms. The molecule has 0 atom stereocenters. The molecule has 0 bridgehead atoms. The molecule has 0 radical (unpaired) electrons. The van der Waals surface area contributed by atoms with Gasteiger partial charge in [-0.2, -0.15) is 5.10 Å². The summed E-state index contributed by atoms with van der Waals surface area (Å²) in [5.41, 5.74) is 0. The number of hydrogen-bond acceptors (Lipinski definition) is 2. The summed E-state index contributed by atoms with van der Waals surface area (Å²) in [4.78, 5) is 0. The predicted octanol–water partition coefficient (Wildman–Crippen LogP) is 0.821. The van der Waals surface area contributed by atoms with Crippen molar-refractivity contribution >= 4 is 6.21 Å². The van der Waals surface area contributed by atoms with Crippen LogP contribution in [0.2, 0.25) is 0 Å². The molecule has 0 fully saturated rings. The fourth-order valence-electron chi connectivity index (χ4n) is 0.489. The third-order valence-corrected chi connectivity index (χ3v) is 0.826. The molecule has 1 aliphatic heterocycles. The van der Waals surface area contributed by atoms with Crippen molar-refractivity contribution in [2.45, 2.75) is 6.42 Å². The Morgan fingerprint density at radius 3 is 2.86 bits per heavy atom. The van der Waals surface area contributed by atoms with Crippen LogP contribution < -0.4 is 0 Å². The van der Waals surface area contributed by atoms with E-state index in [2.05, 4.69) is 11.2 Å². The highest BCUT2D eigenvalue weighted by molar-refractivity contribution is 5.59. The van der Waals surface area contributed by atoms with E-state index in [1.165, 1.54) is 0 Å². The molecular formula is C5H8N2. The minimum absolute atomic E-state index is 0.977. The van der Waals surface area contributed by atoms with E-state index in [1.54, 1.807) is 5.01 Å². The first-order chi connectivity index (χ1) is 3.39. The van der Waals surface area contributed by atoms with E-state index in [9.17, 15) is 0 Å². The zero-order chi connectivity index (χ0) is 5.11. The minimum atomic E-state index is 0.977. The average molecular weight is 96.1 g/mol. The largest absolute Gasteiger partial charge is 0.277 e. The van der Waals surface area contributed by atoms with E-state index in [1.807, 2.05) is 19.5 Å². The molecule has 2 heteroatoms. The van der Waals surface area contributed by atoms with Crippen molar-refractivity contribution in [3.05, 3.63) is 12.3 Å². The van der Waals surface area contributed by atoms with Gasteiger partial charge >= 0.3 is 0 Å². The van der Waals surface area contributed by atoms with Crippen molar-refractivity contribution in [3.63, 3.8) is 0 Å². The summed E-state index contributed by atoms with van der Waals surface area (Å²) in [6, 6.07) is 0. The standard InChI is InChI=1S/C5H8N2/c1-7-5-3-2-4-6-7/h3-5H,2H2,1H3. The zero-order valence-corrected chi connectivity index (χ0v) is 4.33. The fourth-order valence-corrected chi connectivity index (χ4v) is 0.489. The first kappa shape index (κ1) is 4.37. The molecule has 2 nitrogen and oxygen atoms in total. The normalized spacial score (nSPS) is 18.1. The quantitative estimate of drug-likeness (QED) is 0.436. The van der Waals surface area contributed by atoms with Crippen molar-refractivity contribution in [2.24, 2.45) is 5.10 Å². The van der Waals surface area contributed by atoms with Gasteiger partial charge in [-0.15, -0.1) is 0 Å². The van der Waals surface area contributed by atoms with E-state index in [0.29, 0.717) is 0 Å². The first-order valence-electron chi connectivity index (χ1n) is 2.31. The maximum atomic E-state index is 3.95. The lowest BCUT2D eigenvalue weighted by molar-refractivity contribution is 0.485. The van der Waals surface area contributed by atoms with Crippen LogP contribution in [-0.4, -0.2) is 18.3 Å². The van der Waals surface area contributed by atoms with Crippen molar-refractivity contribution in [3.8, 4) is 0 Å². The molecule has 0 unspecified atom stereocenters. The molecule has 0 aliphatic carbocycles. The Morgan fingerprint density at radius 1 is 1.71 bits per heavy atom. The highest BCUT2D eigenvalue weighted by Crippen LogP contribution is 1.92. The van der Waals surface area contributed by atoms with Crippen molar-refractivity contribution in [2.75, 3.05) is 7.05 Å². The van der Waals surface area contributed by atoms with Gasteiger partial charge in [-0.3, -0.25) is 5.01 Å². The summed E-state index contributed by atoms with van der Waals surface area (Å²) in [6.45, 7) is 0. The Labute approximate surface area is 43.1 Å². The molecule has 0 aromatic carbocycles. The Bertz CT molecular complexity index is 92.6. The van der Waals surface area contributed by atoms with Gasteiger partial charge in [-0.05, 0) is 0 Å². The topological polar surface area (TPSA) is 15.6 Å². The summed E-state index contributed by atoms with van der Waals surface area (Å²) in [5.74, 6) is 0. The number of hydrazone groups is 1. The number of rotatable bonds is 0. The maximum absolute atomic E-state index is 3.95. The van der Waals surface area contributed by atoms with E-state index < -0.39 is 0 Å². The molecule has 1 heterocycles. The van der Waals surface area contributed by atoms with Crippen molar-refractivity contribution < 1.29 is 0 Å². The van der Waals surface area contributed by atoms with E-state index in [4.69, 9.17) is 0 Å². The molecule has 0 aromatic rings. The third kappa shape index (κ3) is 1.03. The van der Waals surface area contributed by atoms with Crippen LogP contribution in [0.25, 0.3) is 0 Å². The lowest BCUT2D eigenvalue weighted by Gasteiger charge is -2.07. The average Bonchev–Trinajstić information content (AvgIpc) is 1.69. The second-order valence-electron chi connectivity index (χ2n) is 1.49. The summed E-state index contributed by atoms with van der Waals surface area (Å²) >= 11 is 0. The Morgan fingerprint density at radius 2 is 2.57 bits per heavy atom. The van der Waals surface area contributed by atoms with Gasteiger partial charge in [-0.1, -0.05) is 6.08 Å². The minimum Gasteiger partial charge on any atom is -0.277 e. The summed E-state index contributed by atoms with van der Waals surface area (Å²) in [5, 5.41) is 5.73. The highest BCUT2D eigenvalue weighted by atomic mass is 15.4. The van der Waals surface area contributed by atoms with Gasteiger partial charge < -0.3 is 0 Å². The number of allylic oxidation sites excluding steroid dienone is 1. The van der Waals surface area contributed by atoms with Crippen molar-refractivity contribution in [1.82, 2.24) is 5.01 Å². The monoisotopic (exact) mass is 96.1 g/mol. The van der Waals surface area contributed by atoms with Gasteiger partial charge in [0.1, 0.15) is 0 Å². The molecule has 0 N–H and O–H groups in total. The van der Waals surface area contributed by atoms with Crippen LogP contribution >= 0.6 is 0 Å². The van der Waals surface area contributed by atoms with Gasteiger partial charge in [0.15, 0.2) is 0 Å². The van der Waals surface area contributed by atoms with Gasteiger partial charge in [-0.25, -0.2) is 0 Å². The SMILES string of the molecule is CN1C=CCC=N1. The van der Waals surface area contributed by atoms with Crippen LogP contribution in [0.1, 0.15) is 6.42 Å². The lowest BCUT2D eigenvalue weighted by atomic mass is 10.4. The van der Waals surface area contributed by atoms with Gasteiger partial charge in [0, 0.05) is 25.9 Å². The Hall–Kier alpha value is -0.790. The van der Waals surface area contributed by atoms with E-state index >= 15 is 0 Å². The van der Waals surface area contributed by atoms with Crippen LogP contribution in [0, 0.1) is 0 Å². The number of hydrogen-bond donors (Lipinski definition) is 0. The predicted molar refractivity (Wildman–Crippen MR) is 30.0 cm³/mol. The molecule has 1 rings (SSSR count). The van der Waals surface area contributed by atoms with Crippen LogP contribution in [0.5, 0.6) is 0 Å². The molecule has 7 heavy (non-hydrogen) atoms. The van der Waals surface area contributed by atoms with Crippen LogP contribution in [0.15, 0.2) is 17.4 Å². The molecular weight excluding hydrogens is 88.1 g/mol. The smallest absolute Gasteiger partial charge is 0.0296 e. The maximum Gasteiger partial charge on any atom is 0.0296 e. The van der Waals surface area contributed by atoms with Crippen LogP contribution in [-0.2, 0) is 0 Å². The molecule has 0 saturated heterocycles. The third-order valence-electron chi connectivity index (χ3n) is 0.826. The molecule has 38 valence electrons. The molecule has 0 saturated carbocycles. The van der Waals surface area contributed by atoms with Gasteiger partial charge in [0.2, 0.25) is 0 Å². The Kier molecular flexibility index (Phi) is 1.11. The summed E-state index contributed by atoms with van der Waals surface area (Å²) in [6.07, 6.45) is 6.86. The Balaban J connectivity index is 2.49. The molecule has 1 aliphatic rings. The second-order valence-corrected chi connectivity index (χ2v) is 1.49. The van der Waals surface area contributed by atoms with Crippen molar-refractivity contribution in [1.29, 1.82) is 0 Å². The number of nitrogens with zero attached hydrogens (tertiary/aromatic N) is 2. The zero-order valence-electron chi connectivity index (χ0n) is 4.33. The highest BCUT2D eigenvalue weighted by Gasteiger charge is 1.85. The summed E-state index contributed by atoms with van der Waals surface area (Å²) in [7, 11) is 1.91. The lowest BCUT2D eigenvalue weighted by Crippen LogP contribution is -2.03. The fraction of sp³-hybridized carbons (Fsp3) is 0.400. The van der Waals surface area contributed by atoms with E-state index in [0.717, 1.165) is 6.42 Å². The second kappa shape index (κ2) is 1.78. The molecule has 0 amide bonds. The van der Waals surface area contributed by atoms with E-state index in [-0.39, 0.29) is 0 Å². The van der Waals surface area contributed by atoms with Crippen LogP contribution in [0.3, 0.4) is 0 Å². The van der Waals surface area contributed by atoms with Gasteiger partial charge in [0.05, 0.1) is 0 Å². The molecule has 0 aromatic heterocycles. The summed E-state index contributed by atoms with van der Waals surface area (Å²) < 4.78 is 0. The van der Waals surface area contributed by atoms with Crippen LogP contribution in [0.4, 0.5) is 0 Å². The van der Waals surface area contributed by atoms with Gasteiger partial charge in [0.25, 0.3) is 0 Å². The first-order valence-corrected chi connectivity index (χ1v) is 2.31.